The Balaban J connectivity index is 0.000000162. The van der Waals surface area contributed by atoms with Crippen LogP contribution in [0, 0.1) is 96.9 Å². The van der Waals surface area contributed by atoms with Crippen LogP contribution in [0.25, 0.3) is 55.6 Å². The predicted octanol–water partition coefficient (Wildman–Crippen LogP) is 24.5. The van der Waals surface area contributed by atoms with Crippen LogP contribution in [-0.4, -0.2) is 0 Å². The van der Waals surface area contributed by atoms with Gasteiger partial charge in [0.05, 0.1) is 0 Å². The Morgan fingerprint density at radius 3 is 0.628 bits per heavy atom. The van der Waals surface area contributed by atoms with Gasteiger partial charge in [0, 0.05) is 0 Å². The van der Waals surface area contributed by atoms with Crippen molar-refractivity contribution in [3.63, 3.8) is 0 Å². The topological polar surface area (TPSA) is 0 Å². The Morgan fingerprint density at radius 1 is 0.128 bits per heavy atom. The molecule has 0 amide bonds. The van der Waals surface area contributed by atoms with Gasteiger partial charge < -0.3 is 0 Å². The molecule has 0 aliphatic rings. The summed E-state index contributed by atoms with van der Waals surface area (Å²) in [6, 6.07) is 103. The van der Waals surface area contributed by atoms with Crippen LogP contribution < -0.4 is 0 Å². The van der Waals surface area contributed by atoms with Crippen LogP contribution in [0.3, 0.4) is 0 Å². The fourth-order valence-electron chi connectivity index (χ4n) is 9.52. The quantitative estimate of drug-likeness (QED) is 0.161. The molecule has 12 aromatic carbocycles. The van der Waals surface area contributed by atoms with E-state index in [2.05, 4.69) is 388 Å². The lowest BCUT2D eigenvalue weighted by atomic mass is 9.99. The van der Waals surface area contributed by atoms with E-state index in [0.29, 0.717) is 0 Å². The van der Waals surface area contributed by atoms with Gasteiger partial charge in [0.15, 0.2) is 0 Å². The number of hydrogen-bond acceptors (Lipinski definition) is 0. The van der Waals surface area contributed by atoms with Crippen LogP contribution in [0.2, 0.25) is 0 Å². The van der Waals surface area contributed by atoms with Gasteiger partial charge in [0.2, 0.25) is 0 Å². The van der Waals surface area contributed by atoms with Crippen molar-refractivity contribution in [1.82, 2.24) is 0 Å². The summed E-state index contributed by atoms with van der Waals surface area (Å²) in [6.45, 7) is 29.7. The van der Waals surface area contributed by atoms with Crippen LogP contribution in [0.5, 0.6) is 0 Å². The second-order valence-corrected chi connectivity index (χ2v) is 22.8. The molecule has 0 aliphatic carbocycles. The van der Waals surface area contributed by atoms with Gasteiger partial charge in [-0.25, -0.2) is 0 Å². The second kappa shape index (κ2) is 34.4. The van der Waals surface area contributed by atoms with E-state index < -0.39 is 0 Å². The van der Waals surface area contributed by atoms with Crippen molar-refractivity contribution in [2.45, 2.75) is 96.9 Å². The molecule has 0 N–H and O–H groups in total. The average molecular weight is 1120 g/mol. The van der Waals surface area contributed by atoms with Crippen molar-refractivity contribution in [1.29, 1.82) is 0 Å². The monoisotopic (exact) mass is 1120 g/mol. The Bertz CT molecular complexity index is 3800. The number of aryl methyl sites for hydroxylation is 14. The average Bonchev–Trinajstić information content (AvgIpc) is 3.39. The molecule has 0 atom stereocenters. The van der Waals surface area contributed by atoms with Gasteiger partial charge >= 0.3 is 0 Å². The molecule has 0 heterocycles. The Morgan fingerprint density at radius 2 is 0.349 bits per heavy atom. The molecule has 0 unspecified atom stereocenters. The first-order chi connectivity index (χ1) is 41.4. The lowest BCUT2D eigenvalue weighted by molar-refractivity contribution is 1.34. The Labute approximate surface area is 518 Å². The predicted molar refractivity (Wildman–Crippen MR) is 379 cm³/mol. The third kappa shape index (κ3) is 22.7. The van der Waals surface area contributed by atoms with Crippen molar-refractivity contribution in [3.05, 3.63) is 369 Å². The van der Waals surface area contributed by atoms with E-state index in [-0.39, 0.29) is 0 Å². The van der Waals surface area contributed by atoms with Crippen molar-refractivity contribution in [2.24, 2.45) is 0 Å². The molecule has 12 aromatic rings. The van der Waals surface area contributed by atoms with E-state index in [9.17, 15) is 0 Å². The van der Waals surface area contributed by atoms with Crippen LogP contribution in [-0.2, 0) is 0 Å². The van der Waals surface area contributed by atoms with Gasteiger partial charge in [-0.3, -0.25) is 0 Å². The minimum atomic E-state index is 1.29. The zero-order chi connectivity index (χ0) is 61.8. The Kier molecular flexibility index (Phi) is 26.3. The van der Waals surface area contributed by atoms with Gasteiger partial charge in [0.25, 0.3) is 0 Å². The minimum Gasteiger partial charge on any atom is -0.0620 e. The molecule has 0 saturated carbocycles. The normalized spacial score (nSPS) is 9.98. The third-order valence-corrected chi connectivity index (χ3v) is 14.8. The fraction of sp³-hybridized carbons (Fsp3) is 0.163. The molecule has 0 aliphatic heterocycles. The lowest BCUT2D eigenvalue weighted by Gasteiger charge is -2.05. The van der Waals surface area contributed by atoms with E-state index >= 15 is 0 Å². The lowest BCUT2D eigenvalue weighted by Crippen LogP contribution is -1.82. The van der Waals surface area contributed by atoms with Gasteiger partial charge in [-0.2, -0.15) is 0 Å². The zero-order valence-electron chi connectivity index (χ0n) is 53.7. The number of benzene rings is 12. The fourth-order valence-corrected chi connectivity index (χ4v) is 9.52. The highest BCUT2D eigenvalue weighted by Crippen LogP contribution is 2.26. The van der Waals surface area contributed by atoms with Crippen LogP contribution in [0.4, 0.5) is 0 Å². The van der Waals surface area contributed by atoms with Crippen LogP contribution >= 0.6 is 0 Å². The molecule has 12 rings (SSSR count). The summed E-state index contributed by atoms with van der Waals surface area (Å²) in [7, 11) is 0. The molecule has 434 valence electrons. The second-order valence-electron chi connectivity index (χ2n) is 22.8. The molecule has 0 radical (unpaired) electrons. The first kappa shape index (κ1) is 65.8. The Hall–Kier alpha value is -9.36. The van der Waals surface area contributed by atoms with Crippen molar-refractivity contribution < 1.29 is 0 Å². The SMILES string of the molecule is Cc1ccc(-c2ccc(C)cc2)cc1.Cc1ccc(-c2cccc(C)c2)cc1.Cc1ccc(-c2ccccc2C)cc1.Cc1cccc(-c2cccc(C)c2)c1.Cc1cccc(-c2ccccc2C)c1.Cc1cccc(C)c1.Cc1ccccc1C. The smallest absolute Gasteiger partial charge is 0.0155 e. The van der Waals surface area contributed by atoms with Crippen LogP contribution in [0.15, 0.2) is 291 Å². The number of rotatable bonds is 5. The van der Waals surface area contributed by atoms with Crippen molar-refractivity contribution in [3.8, 4) is 55.6 Å². The van der Waals surface area contributed by atoms with Crippen molar-refractivity contribution in [2.75, 3.05) is 0 Å². The maximum absolute atomic E-state index is 2.22. The zero-order valence-corrected chi connectivity index (χ0v) is 53.7. The summed E-state index contributed by atoms with van der Waals surface area (Å²) in [5.74, 6) is 0. The van der Waals surface area contributed by atoms with Gasteiger partial charge in [-0.15, -0.1) is 0 Å². The third-order valence-electron chi connectivity index (χ3n) is 14.8. The largest absolute Gasteiger partial charge is 0.0620 e. The summed E-state index contributed by atoms with van der Waals surface area (Å²) in [4.78, 5) is 0. The highest BCUT2D eigenvalue weighted by Gasteiger charge is 2.03. The van der Waals surface area contributed by atoms with E-state index in [4.69, 9.17) is 0 Å². The molecular weight excluding hydrogens is 1030 g/mol. The first-order valence-corrected chi connectivity index (χ1v) is 30.1. The molecule has 0 heteroatoms. The minimum absolute atomic E-state index is 1.29. The summed E-state index contributed by atoms with van der Waals surface area (Å²) in [5.41, 5.74) is 31.6. The van der Waals surface area contributed by atoms with E-state index in [1.54, 1.807) is 0 Å². The van der Waals surface area contributed by atoms with E-state index in [1.807, 2.05) is 0 Å². The van der Waals surface area contributed by atoms with Crippen LogP contribution in [0.1, 0.15) is 77.9 Å². The van der Waals surface area contributed by atoms with E-state index in [1.165, 1.54) is 134 Å². The summed E-state index contributed by atoms with van der Waals surface area (Å²) >= 11 is 0. The molecule has 0 spiro atoms. The highest BCUT2D eigenvalue weighted by atomic mass is 14.1. The molecule has 0 saturated heterocycles. The molecular formula is C86H90. The van der Waals surface area contributed by atoms with Gasteiger partial charge in [-0.1, -0.05) is 347 Å². The molecule has 0 aromatic heterocycles. The number of hydrogen-bond donors (Lipinski definition) is 0. The van der Waals surface area contributed by atoms with Crippen molar-refractivity contribution >= 4 is 0 Å². The maximum atomic E-state index is 2.22. The summed E-state index contributed by atoms with van der Waals surface area (Å²) in [5, 5.41) is 0. The van der Waals surface area contributed by atoms with Gasteiger partial charge in [-0.05, 0) is 175 Å². The van der Waals surface area contributed by atoms with E-state index in [0.717, 1.165) is 0 Å². The molecule has 0 nitrogen and oxygen atoms in total. The maximum Gasteiger partial charge on any atom is -0.0155 e. The standard InChI is InChI=1S/5C14H14.2C8H10/c1-11-3-7-13(8-4-11)14-9-5-12(2)6-10-14;1-11-5-3-7-13(9-11)14-8-4-6-12(2)10-14;1-11-6-5-8-13(10-11)14-9-4-3-7-12(14)2;1-11-6-8-13(9-7-11)14-5-3-4-12(2)10-14;1-11-7-9-13(10-8-11)14-6-4-3-5-12(14)2;1-7-4-3-5-8(2)6-7;1-7-5-3-4-6-8(7)2/h5*3-10H,1-2H3;2*3-6H,1-2H3. The summed E-state index contributed by atoms with van der Waals surface area (Å²) in [6.07, 6.45) is 0. The molecule has 0 fully saturated rings. The van der Waals surface area contributed by atoms with Gasteiger partial charge in [0.1, 0.15) is 0 Å². The first-order valence-electron chi connectivity index (χ1n) is 30.1. The highest BCUT2D eigenvalue weighted by molar-refractivity contribution is 5.69. The molecule has 0 bridgehead atoms. The molecule has 86 heavy (non-hydrogen) atoms. The summed E-state index contributed by atoms with van der Waals surface area (Å²) < 4.78 is 0.